The molecule has 0 saturated carbocycles. The number of hydrogen-bond acceptors (Lipinski definition) is 5. The summed E-state index contributed by atoms with van der Waals surface area (Å²) in [6, 6.07) is 9.51. The summed E-state index contributed by atoms with van der Waals surface area (Å²) < 4.78 is 37.6. The lowest BCUT2D eigenvalue weighted by Gasteiger charge is -2.18. The Hall–Kier alpha value is -2.74. The molecule has 24 heavy (non-hydrogen) atoms. The van der Waals surface area contributed by atoms with Gasteiger partial charge in [-0.25, -0.2) is 17.6 Å². The van der Waals surface area contributed by atoms with E-state index < -0.39 is 21.6 Å². The first-order valence-corrected chi connectivity index (χ1v) is 8.71. The van der Waals surface area contributed by atoms with Gasteiger partial charge in [-0.05, 0) is 36.4 Å². The molecule has 2 N–H and O–H groups in total. The minimum atomic E-state index is -3.45. The molecule has 0 saturated heterocycles. The summed E-state index contributed by atoms with van der Waals surface area (Å²) in [7, 11) is -3.45. The zero-order valence-corrected chi connectivity index (χ0v) is 13.2. The summed E-state index contributed by atoms with van der Waals surface area (Å²) in [5.41, 5.74) is 3.87. The van der Waals surface area contributed by atoms with Crippen molar-refractivity contribution in [3.8, 4) is 0 Å². The van der Waals surface area contributed by atoms with Crippen LogP contribution in [0, 0.1) is 5.82 Å². The van der Waals surface area contributed by atoms with Crippen molar-refractivity contribution in [1.29, 1.82) is 0 Å². The number of carboxylic acids is 1. The van der Waals surface area contributed by atoms with E-state index >= 15 is 0 Å². The van der Waals surface area contributed by atoms with Gasteiger partial charge in [0.2, 0.25) is 0 Å². The van der Waals surface area contributed by atoms with Crippen molar-refractivity contribution in [1.82, 2.24) is 0 Å². The molecule has 0 aromatic heterocycles. The number of nitrogens with zero attached hydrogens (tertiary/aromatic N) is 1. The Labute approximate surface area is 137 Å². The second-order valence-electron chi connectivity index (χ2n) is 5.27. The van der Waals surface area contributed by atoms with Crippen LogP contribution in [0.1, 0.15) is 22.3 Å². The highest BCUT2D eigenvalue weighted by Gasteiger charge is 2.28. The van der Waals surface area contributed by atoms with Crippen molar-refractivity contribution in [3.05, 3.63) is 59.4 Å². The van der Waals surface area contributed by atoms with E-state index in [2.05, 4.69) is 10.5 Å². The minimum absolute atomic E-state index is 0.0509. The number of carboxylic acid groups (broad SMARTS) is 1. The second kappa shape index (κ2) is 6.04. The molecule has 8 heteroatoms. The normalized spacial score (nSPS) is 17.3. The predicted octanol–water partition coefficient (Wildman–Crippen LogP) is 2.52. The van der Waals surface area contributed by atoms with Gasteiger partial charge in [0, 0.05) is 12.0 Å². The van der Waals surface area contributed by atoms with E-state index in [9.17, 15) is 17.6 Å². The molecule has 0 aliphatic carbocycles. The molecule has 1 heterocycles. The quantitative estimate of drug-likeness (QED) is 0.656. The van der Waals surface area contributed by atoms with Gasteiger partial charge in [0.15, 0.2) is 9.84 Å². The molecule has 0 spiro atoms. The topological polar surface area (TPSA) is 95.8 Å². The summed E-state index contributed by atoms with van der Waals surface area (Å²) in [5, 5.41) is 13.1. The predicted molar refractivity (Wildman–Crippen MR) is 86.6 cm³/mol. The number of hydrazone groups is 1. The highest BCUT2D eigenvalue weighted by molar-refractivity contribution is 7.91. The Kier molecular flexibility index (Phi) is 4.06. The molecular formula is C16H13FN2O4S. The van der Waals surface area contributed by atoms with Gasteiger partial charge in [-0.2, -0.15) is 5.10 Å². The van der Waals surface area contributed by atoms with Crippen molar-refractivity contribution in [2.45, 2.75) is 11.3 Å². The molecule has 1 aliphatic rings. The van der Waals surface area contributed by atoms with Crippen molar-refractivity contribution in [2.75, 3.05) is 11.2 Å². The molecule has 0 amide bonds. The molecule has 6 nitrogen and oxygen atoms in total. The largest absolute Gasteiger partial charge is 0.478 e. The number of carbonyl (C=O) groups is 1. The lowest BCUT2D eigenvalue weighted by molar-refractivity contribution is 0.0697. The average molecular weight is 348 g/mol. The second-order valence-corrected chi connectivity index (χ2v) is 7.34. The molecule has 3 rings (SSSR count). The van der Waals surface area contributed by atoms with Crippen LogP contribution in [0.2, 0.25) is 0 Å². The van der Waals surface area contributed by atoms with Gasteiger partial charge in [-0.1, -0.05) is 6.07 Å². The fourth-order valence-electron chi connectivity index (χ4n) is 2.44. The number of aromatic carboxylic acids is 1. The van der Waals surface area contributed by atoms with Crippen LogP contribution in [0.3, 0.4) is 0 Å². The summed E-state index contributed by atoms with van der Waals surface area (Å²) >= 11 is 0. The smallest absolute Gasteiger partial charge is 0.335 e. The third-order valence-corrected chi connectivity index (χ3v) is 5.39. The number of benzene rings is 2. The molecule has 2 aromatic rings. The molecule has 0 atom stereocenters. The molecular weight excluding hydrogens is 335 g/mol. The molecule has 0 unspecified atom stereocenters. The van der Waals surface area contributed by atoms with E-state index in [-0.39, 0.29) is 28.2 Å². The van der Waals surface area contributed by atoms with E-state index in [4.69, 9.17) is 5.11 Å². The molecule has 0 radical (unpaired) electrons. The summed E-state index contributed by atoms with van der Waals surface area (Å²) in [5.74, 6) is -1.73. The van der Waals surface area contributed by atoms with E-state index in [1.165, 1.54) is 18.2 Å². The zero-order valence-electron chi connectivity index (χ0n) is 12.4. The fourth-order valence-corrected chi connectivity index (χ4v) is 3.91. The van der Waals surface area contributed by atoms with Crippen molar-refractivity contribution in [2.24, 2.45) is 5.10 Å². The number of halogens is 1. The number of fused-ring (bicyclic) bond motifs is 1. The lowest BCUT2D eigenvalue weighted by Crippen LogP contribution is -2.23. The SMILES string of the molecule is O=C(O)c1cccc(NN=C2CCS(=O)(=O)c3ccc(F)cc32)c1. The Bertz CT molecular complexity index is 954. The first-order valence-electron chi connectivity index (χ1n) is 7.05. The van der Waals surface area contributed by atoms with Gasteiger partial charge >= 0.3 is 5.97 Å². The van der Waals surface area contributed by atoms with E-state index in [1.54, 1.807) is 12.1 Å². The maximum absolute atomic E-state index is 13.5. The Morgan fingerprint density at radius 1 is 1.21 bits per heavy atom. The van der Waals surface area contributed by atoms with Crippen LogP contribution >= 0.6 is 0 Å². The Balaban J connectivity index is 1.96. The van der Waals surface area contributed by atoms with E-state index in [0.717, 1.165) is 12.1 Å². The van der Waals surface area contributed by atoms with Gasteiger partial charge in [-0.3, -0.25) is 5.43 Å². The van der Waals surface area contributed by atoms with Crippen LogP contribution < -0.4 is 5.43 Å². The number of rotatable bonds is 3. The van der Waals surface area contributed by atoms with Crippen LogP contribution in [-0.4, -0.2) is 31.0 Å². The van der Waals surface area contributed by atoms with Crippen LogP contribution in [-0.2, 0) is 9.84 Å². The van der Waals surface area contributed by atoms with E-state index in [1.807, 2.05) is 0 Å². The molecule has 124 valence electrons. The Morgan fingerprint density at radius 3 is 2.75 bits per heavy atom. The van der Waals surface area contributed by atoms with Crippen LogP contribution in [0.4, 0.5) is 10.1 Å². The monoisotopic (exact) mass is 348 g/mol. The lowest BCUT2D eigenvalue weighted by atomic mass is 10.1. The van der Waals surface area contributed by atoms with Crippen molar-refractivity contribution in [3.63, 3.8) is 0 Å². The summed E-state index contributed by atoms with van der Waals surface area (Å²) in [6.07, 6.45) is 0.143. The Morgan fingerprint density at radius 2 is 2.00 bits per heavy atom. The molecule has 0 fully saturated rings. The highest BCUT2D eigenvalue weighted by Crippen LogP contribution is 2.26. The minimum Gasteiger partial charge on any atom is -0.478 e. The third kappa shape index (κ3) is 3.13. The molecule has 1 aliphatic heterocycles. The number of hydrogen-bond donors (Lipinski definition) is 2. The molecule has 0 bridgehead atoms. The third-order valence-electron chi connectivity index (χ3n) is 3.62. The van der Waals surface area contributed by atoms with Gasteiger partial charge < -0.3 is 5.11 Å². The van der Waals surface area contributed by atoms with E-state index in [0.29, 0.717) is 11.4 Å². The fraction of sp³-hybridized carbons (Fsp3) is 0.125. The van der Waals surface area contributed by atoms with Crippen molar-refractivity contribution >= 4 is 27.2 Å². The maximum Gasteiger partial charge on any atom is 0.335 e. The van der Waals surface area contributed by atoms with Crippen LogP contribution in [0.15, 0.2) is 52.5 Å². The number of anilines is 1. The molecule has 2 aromatic carbocycles. The van der Waals surface area contributed by atoms with Gasteiger partial charge in [0.05, 0.1) is 27.6 Å². The first kappa shape index (κ1) is 16.1. The van der Waals surface area contributed by atoms with Gasteiger partial charge in [-0.15, -0.1) is 0 Å². The number of nitrogens with one attached hydrogen (secondary N) is 1. The average Bonchev–Trinajstić information content (AvgIpc) is 2.54. The standard InChI is InChI=1S/C16H13FN2O4S/c17-11-4-5-15-13(9-11)14(6-7-24(15,22)23)19-18-12-3-1-2-10(8-12)16(20)21/h1-5,8-9,18H,6-7H2,(H,20,21). The summed E-state index contributed by atoms with van der Waals surface area (Å²) in [6.45, 7) is 0. The van der Waals surface area contributed by atoms with Crippen molar-refractivity contribution < 1.29 is 22.7 Å². The zero-order chi connectivity index (χ0) is 17.3. The summed E-state index contributed by atoms with van der Waals surface area (Å²) in [4.78, 5) is 11.0. The number of sulfone groups is 1. The van der Waals surface area contributed by atoms with Gasteiger partial charge in [0.1, 0.15) is 5.82 Å². The van der Waals surface area contributed by atoms with Crippen LogP contribution in [0.5, 0.6) is 0 Å². The highest BCUT2D eigenvalue weighted by atomic mass is 32.2. The van der Waals surface area contributed by atoms with Crippen LogP contribution in [0.25, 0.3) is 0 Å². The van der Waals surface area contributed by atoms with Gasteiger partial charge in [0.25, 0.3) is 0 Å². The first-order chi connectivity index (χ1) is 11.4. The maximum atomic E-state index is 13.5.